The zero-order valence-corrected chi connectivity index (χ0v) is 12.1. The summed E-state index contributed by atoms with van der Waals surface area (Å²) >= 11 is 1.50. The van der Waals surface area contributed by atoms with E-state index in [4.69, 9.17) is 10.2 Å². The van der Waals surface area contributed by atoms with E-state index in [2.05, 4.69) is 15.3 Å². The van der Waals surface area contributed by atoms with Gasteiger partial charge in [-0.3, -0.25) is 0 Å². The lowest BCUT2D eigenvalue weighted by molar-refractivity contribution is 0.629. The Bertz CT molecular complexity index is 924. The molecule has 0 unspecified atom stereocenters. The van der Waals surface area contributed by atoms with E-state index in [1.807, 2.05) is 35.7 Å². The maximum atomic E-state index is 6.07. The highest BCUT2D eigenvalue weighted by Crippen LogP contribution is 2.37. The van der Waals surface area contributed by atoms with Crippen LogP contribution in [0.15, 0.2) is 40.1 Å². The lowest BCUT2D eigenvalue weighted by atomic mass is 10.2. The van der Waals surface area contributed by atoms with Crippen molar-refractivity contribution in [3.05, 3.63) is 35.7 Å². The third kappa shape index (κ3) is 1.84. The summed E-state index contributed by atoms with van der Waals surface area (Å²) in [5, 5.41) is 6.74. The van der Waals surface area contributed by atoms with Crippen LogP contribution in [0.4, 0.5) is 11.6 Å². The molecule has 0 aliphatic carbocycles. The molecule has 3 N–H and O–H groups in total. The average molecular weight is 296 g/mol. The van der Waals surface area contributed by atoms with E-state index in [-0.39, 0.29) is 0 Å². The molecule has 21 heavy (non-hydrogen) atoms. The van der Waals surface area contributed by atoms with Crippen molar-refractivity contribution in [3.8, 4) is 11.5 Å². The highest BCUT2D eigenvalue weighted by atomic mass is 32.1. The Kier molecular flexibility index (Phi) is 2.58. The van der Waals surface area contributed by atoms with Crippen molar-refractivity contribution in [3.63, 3.8) is 0 Å². The third-order valence-electron chi connectivity index (χ3n) is 3.34. The van der Waals surface area contributed by atoms with Gasteiger partial charge in [0.25, 0.3) is 0 Å². The van der Waals surface area contributed by atoms with Gasteiger partial charge in [-0.15, -0.1) is 11.3 Å². The predicted molar refractivity (Wildman–Crippen MR) is 86.6 cm³/mol. The Labute approximate surface area is 124 Å². The fourth-order valence-corrected chi connectivity index (χ4v) is 3.18. The van der Waals surface area contributed by atoms with Gasteiger partial charge in [0, 0.05) is 17.8 Å². The van der Waals surface area contributed by atoms with Gasteiger partial charge in [-0.1, -0.05) is 18.2 Å². The van der Waals surface area contributed by atoms with Crippen LogP contribution in [-0.2, 0) is 0 Å². The summed E-state index contributed by atoms with van der Waals surface area (Å²) in [6.07, 6.45) is 0. The molecule has 0 bridgehead atoms. The van der Waals surface area contributed by atoms with Gasteiger partial charge in [0.1, 0.15) is 16.1 Å². The van der Waals surface area contributed by atoms with Gasteiger partial charge in [0.2, 0.25) is 5.95 Å². The molecule has 5 nitrogen and oxygen atoms in total. The van der Waals surface area contributed by atoms with Crippen molar-refractivity contribution in [2.75, 3.05) is 18.1 Å². The van der Waals surface area contributed by atoms with Crippen LogP contribution in [0.3, 0.4) is 0 Å². The Hall–Kier alpha value is -2.60. The van der Waals surface area contributed by atoms with Crippen LogP contribution in [0, 0.1) is 0 Å². The fourth-order valence-electron chi connectivity index (χ4n) is 2.35. The fraction of sp³-hybridized carbons (Fsp3) is 0.0667. The molecule has 0 atom stereocenters. The van der Waals surface area contributed by atoms with E-state index < -0.39 is 0 Å². The molecule has 0 amide bonds. The number of furan rings is 1. The largest absolute Gasteiger partial charge is 0.454 e. The number of nitrogen functional groups attached to an aromatic ring is 1. The Morgan fingerprint density at radius 1 is 1.24 bits per heavy atom. The summed E-state index contributed by atoms with van der Waals surface area (Å²) < 4.78 is 5.92. The molecule has 3 heterocycles. The van der Waals surface area contributed by atoms with Crippen molar-refractivity contribution >= 4 is 44.2 Å². The second kappa shape index (κ2) is 4.46. The normalized spacial score (nSPS) is 11.3. The molecule has 104 valence electrons. The standard InChI is InChI=1S/C15H12N4OS/c1-17-15-18-13(12-9(16)7-21-14(12)19-15)11-6-8-4-2-3-5-10(8)20-11/h2-7H,16H2,1H3,(H,17,18,19). The Morgan fingerprint density at radius 3 is 2.90 bits per heavy atom. The minimum Gasteiger partial charge on any atom is -0.454 e. The van der Waals surface area contributed by atoms with E-state index in [0.717, 1.165) is 26.9 Å². The first-order valence-corrected chi connectivity index (χ1v) is 7.35. The first-order valence-electron chi connectivity index (χ1n) is 6.47. The molecule has 0 fully saturated rings. The van der Waals surface area contributed by atoms with Crippen LogP contribution in [0.1, 0.15) is 0 Å². The van der Waals surface area contributed by atoms with Crippen LogP contribution < -0.4 is 11.1 Å². The number of hydrogen-bond acceptors (Lipinski definition) is 6. The van der Waals surface area contributed by atoms with E-state index in [0.29, 0.717) is 17.4 Å². The molecule has 0 saturated heterocycles. The van der Waals surface area contributed by atoms with Gasteiger partial charge in [0.15, 0.2) is 5.76 Å². The number of anilines is 2. The predicted octanol–water partition coefficient (Wildman–Crippen LogP) is 3.73. The molecular formula is C15H12N4OS. The van der Waals surface area contributed by atoms with Crippen molar-refractivity contribution in [1.29, 1.82) is 0 Å². The van der Waals surface area contributed by atoms with Gasteiger partial charge in [-0.2, -0.15) is 0 Å². The van der Waals surface area contributed by atoms with Crippen molar-refractivity contribution in [1.82, 2.24) is 9.97 Å². The molecule has 0 spiro atoms. The lowest BCUT2D eigenvalue weighted by Crippen LogP contribution is -1.98. The summed E-state index contributed by atoms with van der Waals surface area (Å²) in [6.45, 7) is 0. The number of nitrogens with zero attached hydrogens (tertiary/aromatic N) is 2. The number of thiophene rings is 1. The summed E-state index contributed by atoms with van der Waals surface area (Å²) in [5.74, 6) is 1.25. The smallest absolute Gasteiger partial charge is 0.224 e. The second-order valence-corrected chi connectivity index (χ2v) is 5.52. The van der Waals surface area contributed by atoms with E-state index in [1.165, 1.54) is 11.3 Å². The Balaban J connectivity index is 2.05. The number of nitrogens with two attached hydrogens (primary N) is 1. The summed E-state index contributed by atoms with van der Waals surface area (Å²) in [4.78, 5) is 9.81. The Morgan fingerprint density at radius 2 is 2.10 bits per heavy atom. The maximum absolute atomic E-state index is 6.07. The first kappa shape index (κ1) is 12.2. The monoisotopic (exact) mass is 296 g/mol. The van der Waals surface area contributed by atoms with Crippen LogP contribution in [-0.4, -0.2) is 17.0 Å². The quantitative estimate of drug-likeness (QED) is 0.589. The average Bonchev–Trinajstić information content (AvgIpc) is 3.10. The zero-order chi connectivity index (χ0) is 14.4. The van der Waals surface area contributed by atoms with Crippen molar-refractivity contribution in [2.45, 2.75) is 0 Å². The molecular weight excluding hydrogens is 284 g/mol. The third-order valence-corrected chi connectivity index (χ3v) is 4.23. The summed E-state index contributed by atoms with van der Waals surface area (Å²) in [5.41, 5.74) is 8.30. The van der Waals surface area contributed by atoms with Gasteiger partial charge in [-0.25, -0.2) is 9.97 Å². The van der Waals surface area contributed by atoms with E-state index in [9.17, 15) is 0 Å². The number of nitrogens with one attached hydrogen (secondary N) is 1. The van der Waals surface area contributed by atoms with Gasteiger partial charge >= 0.3 is 0 Å². The highest BCUT2D eigenvalue weighted by molar-refractivity contribution is 7.17. The zero-order valence-electron chi connectivity index (χ0n) is 11.3. The molecule has 3 aromatic heterocycles. The van der Waals surface area contributed by atoms with Crippen LogP contribution in [0.25, 0.3) is 32.6 Å². The molecule has 0 aliphatic rings. The van der Waals surface area contributed by atoms with Crippen LogP contribution in [0.2, 0.25) is 0 Å². The molecule has 4 aromatic rings. The number of benzene rings is 1. The first-order chi connectivity index (χ1) is 10.3. The molecule has 0 aliphatic heterocycles. The molecule has 4 rings (SSSR count). The number of para-hydroxylation sites is 1. The van der Waals surface area contributed by atoms with Gasteiger partial charge in [0.05, 0.1) is 11.1 Å². The van der Waals surface area contributed by atoms with E-state index >= 15 is 0 Å². The maximum Gasteiger partial charge on any atom is 0.224 e. The molecule has 0 radical (unpaired) electrons. The number of aromatic nitrogens is 2. The molecule has 1 aromatic carbocycles. The second-order valence-electron chi connectivity index (χ2n) is 4.67. The van der Waals surface area contributed by atoms with E-state index in [1.54, 1.807) is 7.05 Å². The number of hydrogen-bond donors (Lipinski definition) is 2. The van der Waals surface area contributed by atoms with Crippen molar-refractivity contribution in [2.24, 2.45) is 0 Å². The SMILES string of the molecule is CNc1nc(-c2cc3ccccc3o2)c2c(N)csc2n1. The van der Waals surface area contributed by atoms with Crippen LogP contribution >= 0.6 is 11.3 Å². The summed E-state index contributed by atoms with van der Waals surface area (Å²) in [7, 11) is 1.79. The van der Waals surface area contributed by atoms with Crippen LogP contribution in [0.5, 0.6) is 0 Å². The molecule has 6 heteroatoms. The minimum absolute atomic E-state index is 0.555. The lowest BCUT2D eigenvalue weighted by Gasteiger charge is -2.03. The summed E-state index contributed by atoms with van der Waals surface area (Å²) in [6, 6.07) is 9.86. The van der Waals surface area contributed by atoms with Gasteiger partial charge in [-0.05, 0) is 12.1 Å². The minimum atomic E-state index is 0.555. The topological polar surface area (TPSA) is 77.0 Å². The molecule has 0 saturated carbocycles. The number of fused-ring (bicyclic) bond motifs is 2. The van der Waals surface area contributed by atoms with Gasteiger partial charge < -0.3 is 15.5 Å². The highest BCUT2D eigenvalue weighted by Gasteiger charge is 2.17. The number of rotatable bonds is 2. The van der Waals surface area contributed by atoms with Crippen molar-refractivity contribution < 1.29 is 4.42 Å².